The SMILES string of the molecule is CCOc1nc(N(CCOC)C(C)C2CC2)ccc1N. The van der Waals surface area contributed by atoms with Crippen LogP contribution in [0, 0.1) is 5.92 Å². The third-order valence-corrected chi connectivity index (χ3v) is 3.78. The molecule has 1 fully saturated rings. The lowest BCUT2D eigenvalue weighted by atomic mass is 10.2. The van der Waals surface area contributed by atoms with E-state index in [-0.39, 0.29) is 0 Å². The summed E-state index contributed by atoms with van der Waals surface area (Å²) in [6.07, 6.45) is 2.61. The normalized spacial score (nSPS) is 15.9. The van der Waals surface area contributed by atoms with E-state index in [2.05, 4.69) is 16.8 Å². The largest absolute Gasteiger partial charge is 0.476 e. The number of anilines is 2. The molecular formula is C15H25N3O2. The van der Waals surface area contributed by atoms with Crippen LogP contribution >= 0.6 is 0 Å². The van der Waals surface area contributed by atoms with E-state index in [1.54, 1.807) is 7.11 Å². The van der Waals surface area contributed by atoms with Crippen LogP contribution in [0.15, 0.2) is 12.1 Å². The van der Waals surface area contributed by atoms with Crippen LogP contribution in [0.2, 0.25) is 0 Å². The van der Waals surface area contributed by atoms with Crippen molar-refractivity contribution >= 4 is 11.5 Å². The molecule has 2 rings (SSSR count). The third-order valence-electron chi connectivity index (χ3n) is 3.78. The molecule has 1 aliphatic rings. The number of ether oxygens (including phenoxy) is 2. The smallest absolute Gasteiger partial charge is 0.239 e. The Morgan fingerprint density at radius 2 is 2.20 bits per heavy atom. The molecule has 1 atom stereocenters. The van der Waals surface area contributed by atoms with Gasteiger partial charge in [0, 0.05) is 19.7 Å². The standard InChI is InChI=1S/C15H25N3O2/c1-4-20-15-13(16)7-8-14(17-15)18(9-10-19-3)11(2)12-5-6-12/h7-8,11-12H,4-6,9-10,16H2,1-3H3. The van der Waals surface area contributed by atoms with E-state index in [0.29, 0.717) is 30.8 Å². The molecule has 1 heterocycles. The molecule has 0 aliphatic heterocycles. The molecule has 1 unspecified atom stereocenters. The monoisotopic (exact) mass is 279 g/mol. The molecule has 0 amide bonds. The van der Waals surface area contributed by atoms with Crippen LogP contribution in [-0.4, -0.2) is 37.9 Å². The van der Waals surface area contributed by atoms with Gasteiger partial charge < -0.3 is 20.1 Å². The minimum Gasteiger partial charge on any atom is -0.476 e. The molecule has 0 radical (unpaired) electrons. The van der Waals surface area contributed by atoms with Crippen LogP contribution in [0.4, 0.5) is 11.5 Å². The average Bonchev–Trinajstić information content (AvgIpc) is 3.27. The highest BCUT2D eigenvalue weighted by atomic mass is 16.5. The lowest BCUT2D eigenvalue weighted by Gasteiger charge is -2.30. The lowest BCUT2D eigenvalue weighted by Crippen LogP contribution is -2.38. The van der Waals surface area contributed by atoms with Crippen molar-refractivity contribution in [2.45, 2.75) is 32.7 Å². The molecule has 5 nitrogen and oxygen atoms in total. The van der Waals surface area contributed by atoms with E-state index in [4.69, 9.17) is 15.2 Å². The molecule has 1 aromatic heterocycles. The lowest BCUT2D eigenvalue weighted by molar-refractivity contribution is 0.202. The summed E-state index contributed by atoms with van der Waals surface area (Å²) in [6.45, 7) is 6.27. The van der Waals surface area contributed by atoms with Crippen LogP contribution in [0.1, 0.15) is 26.7 Å². The first-order valence-corrected chi connectivity index (χ1v) is 7.32. The number of hydrogen-bond acceptors (Lipinski definition) is 5. The zero-order valence-electron chi connectivity index (χ0n) is 12.6. The van der Waals surface area contributed by atoms with E-state index >= 15 is 0 Å². The maximum atomic E-state index is 5.89. The van der Waals surface area contributed by atoms with Crippen molar-refractivity contribution in [3.05, 3.63) is 12.1 Å². The van der Waals surface area contributed by atoms with Gasteiger partial charge in [-0.15, -0.1) is 0 Å². The van der Waals surface area contributed by atoms with Crippen LogP contribution in [0.3, 0.4) is 0 Å². The summed E-state index contributed by atoms with van der Waals surface area (Å²) in [6, 6.07) is 4.30. The van der Waals surface area contributed by atoms with Crippen molar-refractivity contribution in [1.29, 1.82) is 0 Å². The number of hydrogen-bond donors (Lipinski definition) is 1. The van der Waals surface area contributed by atoms with Crippen LogP contribution < -0.4 is 15.4 Å². The second-order valence-electron chi connectivity index (χ2n) is 5.26. The topological polar surface area (TPSA) is 60.6 Å². The highest BCUT2D eigenvalue weighted by Crippen LogP contribution is 2.37. The predicted octanol–water partition coefficient (Wildman–Crippen LogP) is 2.31. The summed E-state index contributed by atoms with van der Waals surface area (Å²) in [5, 5.41) is 0. The van der Waals surface area contributed by atoms with E-state index < -0.39 is 0 Å². The van der Waals surface area contributed by atoms with E-state index in [9.17, 15) is 0 Å². The minimum atomic E-state index is 0.468. The first kappa shape index (κ1) is 14.9. The van der Waals surface area contributed by atoms with Crippen molar-refractivity contribution in [2.75, 3.05) is 37.5 Å². The number of nitrogens with zero attached hydrogens (tertiary/aromatic N) is 2. The fourth-order valence-electron chi connectivity index (χ4n) is 2.40. The Morgan fingerprint density at radius 1 is 1.45 bits per heavy atom. The van der Waals surface area contributed by atoms with Gasteiger partial charge in [0.25, 0.3) is 0 Å². The number of nitrogen functional groups attached to an aromatic ring is 1. The second-order valence-corrected chi connectivity index (χ2v) is 5.26. The number of methoxy groups -OCH3 is 1. The van der Waals surface area contributed by atoms with Gasteiger partial charge in [0.2, 0.25) is 5.88 Å². The van der Waals surface area contributed by atoms with Crippen molar-refractivity contribution in [3.63, 3.8) is 0 Å². The minimum absolute atomic E-state index is 0.468. The van der Waals surface area contributed by atoms with Gasteiger partial charge >= 0.3 is 0 Å². The van der Waals surface area contributed by atoms with Crippen molar-refractivity contribution in [2.24, 2.45) is 5.92 Å². The fourth-order valence-corrected chi connectivity index (χ4v) is 2.40. The average molecular weight is 279 g/mol. The Hall–Kier alpha value is -1.49. The maximum absolute atomic E-state index is 5.89. The fraction of sp³-hybridized carbons (Fsp3) is 0.667. The summed E-state index contributed by atoms with van der Waals surface area (Å²) in [7, 11) is 1.72. The van der Waals surface area contributed by atoms with Gasteiger partial charge in [-0.1, -0.05) is 0 Å². The summed E-state index contributed by atoms with van der Waals surface area (Å²) in [5.41, 5.74) is 6.48. The zero-order valence-corrected chi connectivity index (χ0v) is 12.6. The number of aromatic nitrogens is 1. The first-order valence-electron chi connectivity index (χ1n) is 7.32. The molecule has 0 aromatic carbocycles. The molecule has 112 valence electrons. The molecule has 5 heteroatoms. The second kappa shape index (κ2) is 6.79. The van der Waals surface area contributed by atoms with Gasteiger partial charge in [-0.2, -0.15) is 4.98 Å². The van der Waals surface area contributed by atoms with Crippen molar-refractivity contribution < 1.29 is 9.47 Å². The summed E-state index contributed by atoms with van der Waals surface area (Å²) >= 11 is 0. The quantitative estimate of drug-likeness (QED) is 0.791. The Balaban J connectivity index is 2.20. The molecular weight excluding hydrogens is 254 g/mol. The van der Waals surface area contributed by atoms with E-state index in [0.717, 1.165) is 18.3 Å². The molecule has 1 saturated carbocycles. The molecule has 0 spiro atoms. The van der Waals surface area contributed by atoms with Crippen molar-refractivity contribution in [1.82, 2.24) is 4.98 Å². The Labute approximate surface area is 121 Å². The number of pyridine rings is 1. The molecule has 2 N–H and O–H groups in total. The number of rotatable bonds is 8. The van der Waals surface area contributed by atoms with Crippen molar-refractivity contribution in [3.8, 4) is 5.88 Å². The Kier molecular flexibility index (Phi) is 5.06. The highest BCUT2D eigenvalue weighted by molar-refractivity contribution is 5.55. The molecule has 20 heavy (non-hydrogen) atoms. The molecule has 1 aliphatic carbocycles. The van der Waals surface area contributed by atoms with Gasteiger partial charge in [0.05, 0.1) is 18.9 Å². The first-order chi connectivity index (χ1) is 9.67. The summed E-state index contributed by atoms with van der Waals surface area (Å²) in [5.74, 6) is 2.20. The van der Waals surface area contributed by atoms with Gasteiger partial charge in [0.15, 0.2) is 0 Å². The van der Waals surface area contributed by atoms with Gasteiger partial charge in [-0.3, -0.25) is 0 Å². The zero-order chi connectivity index (χ0) is 14.5. The Bertz CT molecular complexity index is 435. The van der Waals surface area contributed by atoms with Gasteiger partial charge in [-0.25, -0.2) is 0 Å². The van der Waals surface area contributed by atoms with Gasteiger partial charge in [0.1, 0.15) is 5.82 Å². The van der Waals surface area contributed by atoms with Crippen LogP contribution in [0.5, 0.6) is 5.88 Å². The molecule has 0 saturated heterocycles. The number of nitrogens with two attached hydrogens (primary N) is 1. The highest BCUT2D eigenvalue weighted by Gasteiger charge is 2.32. The molecule has 1 aromatic rings. The van der Waals surface area contributed by atoms with Gasteiger partial charge in [-0.05, 0) is 44.7 Å². The van der Waals surface area contributed by atoms with Crippen LogP contribution in [0.25, 0.3) is 0 Å². The maximum Gasteiger partial charge on any atom is 0.239 e. The molecule has 0 bridgehead atoms. The Morgan fingerprint density at radius 3 is 2.80 bits per heavy atom. The summed E-state index contributed by atoms with van der Waals surface area (Å²) < 4.78 is 10.7. The van der Waals surface area contributed by atoms with Crippen LogP contribution in [-0.2, 0) is 4.74 Å². The van der Waals surface area contributed by atoms with E-state index in [1.165, 1.54) is 12.8 Å². The van der Waals surface area contributed by atoms with E-state index in [1.807, 2.05) is 19.1 Å². The predicted molar refractivity (Wildman–Crippen MR) is 81.2 cm³/mol. The summed E-state index contributed by atoms with van der Waals surface area (Å²) in [4.78, 5) is 6.86. The third kappa shape index (κ3) is 3.54.